The number of anilines is 1. The van der Waals surface area contributed by atoms with E-state index >= 15 is 0 Å². The highest BCUT2D eigenvalue weighted by molar-refractivity contribution is 5.42. The molecule has 1 atom stereocenters. The first kappa shape index (κ1) is 11.2. The van der Waals surface area contributed by atoms with Gasteiger partial charge in [0.1, 0.15) is 12.1 Å². The van der Waals surface area contributed by atoms with Crippen LogP contribution in [0.1, 0.15) is 24.4 Å². The van der Waals surface area contributed by atoms with Gasteiger partial charge in [-0.05, 0) is 24.6 Å². The number of aliphatic hydroxyl groups is 1. The van der Waals surface area contributed by atoms with Crippen molar-refractivity contribution in [2.24, 2.45) is 0 Å². The Kier molecular flexibility index (Phi) is 2.71. The van der Waals surface area contributed by atoms with Crippen molar-refractivity contribution in [3.63, 3.8) is 0 Å². The molecule has 0 spiro atoms. The molecular formula is C12H15N5O. The van der Waals surface area contributed by atoms with Gasteiger partial charge in [-0.25, -0.2) is 4.98 Å². The SMILES string of the molecule is C[C@H](O)c1ccnc(N2CCn3cnnc3C2)c1. The van der Waals surface area contributed by atoms with E-state index in [4.69, 9.17) is 0 Å². The molecule has 0 saturated carbocycles. The molecule has 1 aliphatic rings. The average molecular weight is 245 g/mol. The van der Waals surface area contributed by atoms with Gasteiger partial charge in [-0.3, -0.25) is 0 Å². The number of fused-ring (bicyclic) bond motifs is 1. The summed E-state index contributed by atoms with van der Waals surface area (Å²) >= 11 is 0. The van der Waals surface area contributed by atoms with Gasteiger partial charge >= 0.3 is 0 Å². The van der Waals surface area contributed by atoms with E-state index in [-0.39, 0.29) is 0 Å². The average Bonchev–Trinajstić information content (AvgIpc) is 2.86. The summed E-state index contributed by atoms with van der Waals surface area (Å²) in [6.07, 6.45) is 3.02. The molecule has 1 aliphatic heterocycles. The second-order valence-corrected chi connectivity index (χ2v) is 4.49. The fraction of sp³-hybridized carbons (Fsp3) is 0.417. The van der Waals surface area contributed by atoms with E-state index in [1.54, 1.807) is 19.4 Å². The van der Waals surface area contributed by atoms with Gasteiger partial charge in [0.25, 0.3) is 0 Å². The van der Waals surface area contributed by atoms with Crippen LogP contribution >= 0.6 is 0 Å². The monoisotopic (exact) mass is 245 g/mol. The Balaban J connectivity index is 1.86. The van der Waals surface area contributed by atoms with Crippen molar-refractivity contribution in [2.45, 2.75) is 26.1 Å². The highest BCUT2D eigenvalue weighted by Gasteiger charge is 2.18. The third kappa shape index (κ3) is 1.95. The normalized spacial score (nSPS) is 16.4. The Bertz CT molecular complexity index is 551. The lowest BCUT2D eigenvalue weighted by atomic mass is 10.1. The van der Waals surface area contributed by atoms with Crippen molar-refractivity contribution in [1.82, 2.24) is 19.7 Å². The molecule has 0 saturated heterocycles. The smallest absolute Gasteiger partial charge is 0.152 e. The summed E-state index contributed by atoms with van der Waals surface area (Å²) in [6, 6.07) is 3.76. The van der Waals surface area contributed by atoms with Crippen molar-refractivity contribution in [1.29, 1.82) is 0 Å². The molecule has 0 fully saturated rings. The van der Waals surface area contributed by atoms with Gasteiger partial charge in [0.2, 0.25) is 0 Å². The van der Waals surface area contributed by atoms with E-state index < -0.39 is 6.10 Å². The number of nitrogens with zero attached hydrogens (tertiary/aromatic N) is 5. The standard InChI is InChI=1S/C12H15N5O/c1-9(18)10-2-3-13-11(6-10)16-4-5-17-8-14-15-12(17)7-16/h2-3,6,8-9,18H,4-5,7H2,1H3/t9-/m0/s1. The second-order valence-electron chi connectivity index (χ2n) is 4.49. The minimum Gasteiger partial charge on any atom is -0.389 e. The highest BCUT2D eigenvalue weighted by atomic mass is 16.3. The van der Waals surface area contributed by atoms with Crippen LogP contribution in [-0.2, 0) is 13.1 Å². The first-order valence-corrected chi connectivity index (χ1v) is 5.99. The number of rotatable bonds is 2. The predicted octanol–water partition coefficient (Wildman–Crippen LogP) is 0.747. The maximum absolute atomic E-state index is 9.60. The zero-order valence-electron chi connectivity index (χ0n) is 10.2. The van der Waals surface area contributed by atoms with Crippen LogP contribution in [0.25, 0.3) is 0 Å². The predicted molar refractivity (Wildman–Crippen MR) is 65.9 cm³/mol. The molecule has 0 radical (unpaired) electrons. The summed E-state index contributed by atoms with van der Waals surface area (Å²) in [5.74, 6) is 1.83. The largest absolute Gasteiger partial charge is 0.389 e. The maximum Gasteiger partial charge on any atom is 0.152 e. The Labute approximate surface area is 105 Å². The molecule has 3 rings (SSSR count). The van der Waals surface area contributed by atoms with Crippen LogP contribution in [0.4, 0.5) is 5.82 Å². The third-order valence-corrected chi connectivity index (χ3v) is 3.21. The number of aromatic nitrogens is 4. The van der Waals surface area contributed by atoms with E-state index in [1.165, 1.54) is 0 Å². The van der Waals surface area contributed by atoms with E-state index in [0.717, 1.165) is 30.3 Å². The number of hydrogen-bond donors (Lipinski definition) is 1. The quantitative estimate of drug-likeness (QED) is 0.845. The lowest BCUT2D eigenvalue weighted by molar-refractivity contribution is 0.199. The molecule has 2 aromatic rings. The molecule has 3 heterocycles. The fourth-order valence-corrected chi connectivity index (χ4v) is 2.13. The molecule has 0 aromatic carbocycles. The van der Waals surface area contributed by atoms with Gasteiger partial charge in [-0.2, -0.15) is 0 Å². The summed E-state index contributed by atoms with van der Waals surface area (Å²) < 4.78 is 2.05. The van der Waals surface area contributed by atoms with Crippen LogP contribution in [0.5, 0.6) is 0 Å². The van der Waals surface area contributed by atoms with Crippen molar-refractivity contribution >= 4 is 5.82 Å². The maximum atomic E-state index is 9.60. The Morgan fingerprint density at radius 2 is 2.28 bits per heavy atom. The molecule has 6 nitrogen and oxygen atoms in total. The first-order valence-electron chi connectivity index (χ1n) is 5.99. The van der Waals surface area contributed by atoms with Gasteiger partial charge in [0.05, 0.1) is 12.6 Å². The lowest BCUT2D eigenvalue weighted by Crippen LogP contribution is -2.34. The van der Waals surface area contributed by atoms with Gasteiger partial charge in [-0.1, -0.05) is 0 Å². The molecule has 94 valence electrons. The van der Waals surface area contributed by atoms with Crippen molar-refractivity contribution < 1.29 is 5.11 Å². The topological polar surface area (TPSA) is 67.1 Å². The second kappa shape index (κ2) is 4.38. The van der Waals surface area contributed by atoms with Crippen LogP contribution in [0.2, 0.25) is 0 Å². The molecule has 18 heavy (non-hydrogen) atoms. The molecule has 0 bridgehead atoms. The van der Waals surface area contributed by atoms with E-state index in [1.807, 2.05) is 12.1 Å². The molecule has 0 aliphatic carbocycles. The molecule has 2 aromatic heterocycles. The molecule has 0 amide bonds. The summed E-state index contributed by atoms with van der Waals surface area (Å²) in [6.45, 7) is 4.20. The van der Waals surface area contributed by atoms with Crippen LogP contribution in [-0.4, -0.2) is 31.4 Å². The van der Waals surface area contributed by atoms with Gasteiger partial charge < -0.3 is 14.6 Å². The van der Waals surface area contributed by atoms with Gasteiger partial charge in [0, 0.05) is 19.3 Å². The zero-order chi connectivity index (χ0) is 12.5. The van der Waals surface area contributed by atoms with Gasteiger partial charge in [0.15, 0.2) is 5.82 Å². The van der Waals surface area contributed by atoms with E-state index in [9.17, 15) is 5.11 Å². The minimum absolute atomic E-state index is 0.472. The van der Waals surface area contributed by atoms with Crippen molar-refractivity contribution in [2.75, 3.05) is 11.4 Å². The number of pyridine rings is 1. The third-order valence-electron chi connectivity index (χ3n) is 3.21. The molecule has 0 unspecified atom stereocenters. The molecule has 6 heteroatoms. The van der Waals surface area contributed by atoms with Gasteiger partial charge in [-0.15, -0.1) is 10.2 Å². The molecular weight excluding hydrogens is 230 g/mol. The van der Waals surface area contributed by atoms with Crippen LogP contribution in [0.15, 0.2) is 24.7 Å². The summed E-state index contributed by atoms with van der Waals surface area (Å²) in [7, 11) is 0. The number of hydrogen-bond acceptors (Lipinski definition) is 5. The minimum atomic E-state index is -0.472. The zero-order valence-corrected chi connectivity index (χ0v) is 10.2. The summed E-state index contributed by atoms with van der Waals surface area (Å²) in [5.41, 5.74) is 0.882. The van der Waals surface area contributed by atoms with E-state index in [2.05, 4.69) is 24.6 Å². The Morgan fingerprint density at radius 3 is 3.11 bits per heavy atom. The van der Waals surface area contributed by atoms with Crippen LogP contribution < -0.4 is 4.90 Å². The van der Waals surface area contributed by atoms with Crippen LogP contribution in [0.3, 0.4) is 0 Å². The Hall–Kier alpha value is -1.95. The summed E-state index contributed by atoms with van der Waals surface area (Å²) in [5, 5.41) is 17.6. The van der Waals surface area contributed by atoms with Crippen LogP contribution in [0, 0.1) is 0 Å². The highest BCUT2D eigenvalue weighted by Crippen LogP contribution is 2.21. The number of aliphatic hydroxyl groups excluding tert-OH is 1. The lowest BCUT2D eigenvalue weighted by Gasteiger charge is -2.28. The fourth-order valence-electron chi connectivity index (χ4n) is 2.13. The molecule has 1 N–H and O–H groups in total. The first-order chi connectivity index (χ1) is 8.74. The van der Waals surface area contributed by atoms with Crippen molar-refractivity contribution in [3.8, 4) is 0 Å². The Morgan fingerprint density at radius 1 is 1.39 bits per heavy atom. The van der Waals surface area contributed by atoms with Crippen molar-refractivity contribution in [3.05, 3.63) is 36.0 Å². The summed E-state index contributed by atoms with van der Waals surface area (Å²) in [4.78, 5) is 6.51. The van der Waals surface area contributed by atoms with E-state index in [0.29, 0.717) is 6.54 Å².